The van der Waals surface area contributed by atoms with Crippen LogP contribution in [0.1, 0.15) is 58.1 Å². The van der Waals surface area contributed by atoms with Gasteiger partial charge in [-0.1, -0.05) is 56.5 Å². The van der Waals surface area contributed by atoms with Crippen molar-refractivity contribution < 1.29 is 0 Å². The second kappa shape index (κ2) is 6.12. The minimum Gasteiger partial charge on any atom is -0.295 e. The Balaban J connectivity index is 2.06. The van der Waals surface area contributed by atoms with E-state index in [4.69, 9.17) is 0 Å². The standard InChI is InChI=1S/C16H25NS/c1-4-5-7-12-14-15(17-16(2,3)18-14)13-10-8-6-9-11-13/h6,8-11,14-15,17H,4-5,7,12H2,1-3H3. The van der Waals surface area contributed by atoms with Crippen LogP contribution in [0.2, 0.25) is 0 Å². The molecule has 0 amide bonds. The lowest BCUT2D eigenvalue weighted by molar-refractivity contribution is 0.459. The topological polar surface area (TPSA) is 12.0 Å². The summed E-state index contributed by atoms with van der Waals surface area (Å²) in [4.78, 5) is 0.206. The van der Waals surface area contributed by atoms with Gasteiger partial charge in [0.15, 0.2) is 0 Å². The molecule has 100 valence electrons. The maximum Gasteiger partial charge on any atom is 0.0596 e. The molecule has 2 rings (SSSR count). The maximum absolute atomic E-state index is 3.79. The van der Waals surface area contributed by atoms with E-state index >= 15 is 0 Å². The number of unbranched alkanes of at least 4 members (excludes halogenated alkanes) is 2. The van der Waals surface area contributed by atoms with Gasteiger partial charge in [0.1, 0.15) is 0 Å². The normalized spacial score (nSPS) is 26.4. The Bertz CT molecular complexity index is 361. The number of benzene rings is 1. The minimum absolute atomic E-state index is 0.206. The molecule has 0 saturated carbocycles. The number of hydrogen-bond acceptors (Lipinski definition) is 2. The molecule has 0 spiro atoms. The van der Waals surface area contributed by atoms with Crippen LogP contribution in [-0.2, 0) is 0 Å². The average Bonchev–Trinajstić information content (AvgIpc) is 2.66. The summed E-state index contributed by atoms with van der Waals surface area (Å²) >= 11 is 2.11. The van der Waals surface area contributed by atoms with E-state index in [1.807, 2.05) is 0 Å². The largest absolute Gasteiger partial charge is 0.295 e. The molecule has 1 heterocycles. The van der Waals surface area contributed by atoms with E-state index in [9.17, 15) is 0 Å². The molecule has 2 atom stereocenters. The second-order valence-electron chi connectivity index (χ2n) is 5.70. The molecular weight excluding hydrogens is 238 g/mol. The van der Waals surface area contributed by atoms with Crippen LogP contribution in [0.15, 0.2) is 30.3 Å². The van der Waals surface area contributed by atoms with Gasteiger partial charge in [-0.3, -0.25) is 5.32 Å². The zero-order chi connectivity index (χ0) is 13.0. The van der Waals surface area contributed by atoms with Crippen molar-refractivity contribution in [2.45, 2.75) is 62.6 Å². The molecule has 1 aromatic rings. The van der Waals surface area contributed by atoms with Gasteiger partial charge in [-0.25, -0.2) is 0 Å². The van der Waals surface area contributed by atoms with Crippen molar-refractivity contribution in [1.82, 2.24) is 5.32 Å². The summed E-state index contributed by atoms with van der Waals surface area (Å²) in [6.07, 6.45) is 5.35. The maximum atomic E-state index is 3.79. The fourth-order valence-corrected chi connectivity index (χ4v) is 4.33. The molecule has 1 nitrogen and oxygen atoms in total. The first-order valence-corrected chi connectivity index (χ1v) is 8.01. The third kappa shape index (κ3) is 3.52. The molecule has 1 saturated heterocycles. The van der Waals surface area contributed by atoms with Gasteiger partial charge < -0.3 is 0 Å². The van der Waals surface area contributed by atoms with Crippen molar-refractivity contribution in [3.8, 4) is 0 Å². The lowest BCUT2D eigenvalue weighted by Crippen LogP contribution is -2.32. The SMILES string of the molecule is CCCCCC1SC(C)(C)NC1c1ccccc1. The Morgan fingerprint density at radius 1 is 1.17 bits per heavy atom. The Labute approximate surface area is 116 Å². The molecule has 1 aromatic carbocycles. The van der Waals surface area contributed by atoms with Crippen molar-refractivity contribution in [3.63, 3.8) is 0 Å². The van der Waals surface area contributed by atoms with Crippen LogP contribution in [0.4, 0.5) is 0 Å². The summed E-state index contributed by atoms with van der Waals surface area (Å²) in [5.74, 6) is 0. The first-order valence-electron chi connectivity index (χ1n) is 7.13. The van der Waals surface area contributed by atoms with Crippen LogP contribution in [-0.4, -0.2) is 10.1 Å². The Hall–Kier alpha value is -0.470. The van der Waals surface area contributed by atoms with E-state index in [0.29, 0.717) is 11.3 Å². The molecule has 2 heteroatoms. The van der Waals surface area contributed by atoms with Crippen LogP contribution in [0.3, 0.4) is 0 Å². The van der Waals surface area contributed by atoms with E-state index < -0.39 is 0 Å². The number of rotatable bonds is 5. The molecule has 1 N–H and O–H groups in total. The summed E-state index contributed by atoms with van der Waals surface area (Å²) < 4.78 is 0. The molecule has 1 fully saturated rings. The molecule has 0 bridgehead atoms. The lowest BCUT2D eigenvalue weighted by Gasteiger charge is -2.19. The molecule has 2 unspecified atom stereocenters. The molecular formula is C16H25NS. The molecule has 1 aliphatic heterocycles. The highest BCUT2D eigenvalue weighted by molar-refractivity contribution is 8.01. The van der Waals surface area contributed by atoms with Crippen LogP contribution < -0.4 is 5.32 Å². The fraction of sp³-hybridized carbons (Fsp3) is 0.625. The predicted octanol–water partition coefficient (Wildman–Crippen LogP) is 4.75. The smallest absolute Gasteiger partial charge is 0.0596 e. The Morgan fingerprint density at radius 3 is 2.56 bits per heavy atom. The molecule has 1 aliphatic rings. The van der Waals surface area contributed by atoms with Crippen molar-refractivity contribution in [3.05, 3.63) is 35.9 Å². The molecule has 0 aromatic heterocycles. The minimum atomic E-state index is 0.206. The summed E-state index contributed by atoms with van der Waals surface area (Å²) in [6, 6.07) is 11.4. The van der Waals surface area contributed by atoms with E-state index in [1.165, 1.54) is 31.2 Å². The third-order valence-electron chi connectivity index (χ3n) is 3.57. The van der Waals surface area contributed by atoms with Crippen LogP contribution >= 0.6 is 11.8 Å². The Morgan fingerprint density at radius 2 is 1.89 bits per heavy atom. The quantitative estimate of drug-likeness (QED) is 0.769. The molecule has 0 aliphatic carbocycles. The van der Waals surface area contributed by atoms with Gasteiger partial charge in [-0.2, -0.15) is 0 Å². The van der Waals surface area contributed by atoms with Crippen LogP contribution in [0, 0.1) is 0 Å². The highest BCUT2D eigenvalue weighted by Crippen LogP contribution is 2.44. The van der Waals surface area contributed by atoms with Gasteiger partial charge >= 0.3 is 0 Å². The van der Waals surface area contributed by atoms with Crippen molar-refractivity contribution >= 4 is 11.8 Å². The van der Waals surface area contributed by atoms with Gasteiger partial charge in [0.05, 0.1) is 4.87 Å². The average molecular weight is 263 g/mol. The zero-order valence-electron chi connectivity index (χ0n) is 11.8. The van der Waals surface area contributed by atoms with Crippen LogP contribution in [0.5, 0.6) is 0 Å². The summed E-state index contributed by atoms with van der Waals surface area (Å²) in [5.41, 5.74) is 1.44. The van der Waals surface area contributed by atoms with E-state index in [2.05, 4.69) is 68.2 Å². The highest BCUT2D eigenvalue weighted by atomic mass is 32.2. The first-order chi connectivity index (χ1) is 8.62. The van der Waals surface area contributed by atoms with E-state index in [1.54, 1.807) is 0 Å². The third-order valence-corrected chi connectivity index (χ3v) is 5.09. The van der Waals surface area contributed by atoms with Gasteiger partial charge in [-0.05, 0) is 25.8 Å². The van der Waals surface area contributed by atoms with Crippen molar-refractivity contribution in [1.29, 1.82) is 0 Å². The summed E-state index contributed by atoms with van der Waals surface area (Å²) in [6.45, 7) is 6.87. The van der Waals surface area contributed by atoms with Crippen molar-refractivity contribution in [2.75, 3.05) is 0 Å². The van der Waals surface area contributed by atoms with Crippen molar-refractivity contribution in [2.24, 2.45) is 0 Å². The van der Waals surface area contributed by atoms with E-state index in [0.717, 1.165) is 0 Å². The summed E-state index contributed by atoms with van der Waals surface area (Å²) in [7, 11) is 0. The molecule has 18 heavy (non-hydrogen) atoms. The second-order valence-corrected chi connectivity index (χ2v) is 7.56. The number of nitrogens with one attached hydrogen (secondary N) is 1. The lowest BCUT2D eigenvalue weighted by atomic mass is 9.99. The van der Waals surface area contributed by atoms with E-state index in [-0.39, 0.29) is 4.87 Å². The van der Waals surface area contributed by atoms with Gasteiger partial charge in [0.25, 0.3) is 0 Å². The van der Waals surface area contributed by atoms with Crippen LogP contribution in [0.25, 0.3) is 0 Å². The van der Waals surface area contributed by atoms with Gasteiger partial charge in [0.2, 0.25) is 0 Å². The highest BCUT2D eigenvalue weighted by Gasteiger charge is 2.39. The molecule has 0 radical (unpaired) electrons. The Kier molecular flexibility index (Phi) is 4.74. The summed E-state index contributed by atoms with van der Waals surface area (Å²) in [5, 5.41) is 4.50. The van der Waals surface area contributed by atoms with Gasteiger partial charge in [-0.15, -0.1) is 11.8 Å². The number of hydrogen-bond donors (Lipinski definition) is 1. The predicted molar refractivity (Wildman–Crippen MR) is 81.9 cm³/mol. The fourth-order valence-electron chi connectivity index (χ4n) is 2.73. The monoisotopic (exact) mass is 263 g/mol. The first kappa shape index (κ1) is 14.0. The number of thioether (sulfide) groups is 1. The van der Waals surface area contributed by atoms with Gasteiger partial charge in [0, 0.05) is 11.3 Å². The zero-order valence-corrected chi connectivity index (χ0v) is 12.6.